The Kier molecular flexibility index (Phi) is 6.42. The number of fused-ring (bicyclic) bond motifs is 3. The van der Waals surface area contributed by atoms with E-state index in [0.717, 1.165) is 20.7 Å². The van der Waals surface area contributed by atoms with Crippen LogP contribution in [0.2, 0.25) is 5.02 Å². The molecule has 6 nitrogen and oxygen atoms in total. The number of carbonyl (C=O) groups is 1. The molecule has 0 saturated carbocycles. The zero-order chi connectivity index (χ0) is 22.8. The van der Waals surface area contributed by atoms with Crippen LogP contribution in [0.4, 0.5) is 15.8 Å². The number of rotatable bonds is 5. The molecule has 1 amide bonds. The van der Waals surface area contributed by atoms with Gasteiger partial charge in [-0.25, -0.2) is 9.37 Å². The van der Waals surface area contributed by atoms with Crippen LogP contribution in [0, 0.1) is 17.1 Å². The van der Waals surface area contributed by atoms with Crippen molar-refractivity contribution in [2.45, 2.75) is 13.0 Å². The monoisotopic (exact) mass is 469 g/mol. The van der Waals surface area contributed by atoms with E-state index in [1.165, 1.54) is 29.7 Å². The number of hydrogen-bond donors (Lipinski definition) is 1. The van der Waals surface area contributed by atoms with Gasteiger partial charge >= 0.3 is 0 Å². The van der Waals surface area contributed by atoms with Crippen LogP contribution < -0.4 is 5.32 Å². The van der Waals surface area contributed by atoms with E-state index in [1.807, 2.05) is 30.0 Å². The smallest absolute Gasteiger partial charge is 0.246 e. The van der Waals surface area contributed by atoms with Gasteiger partial charge in [-0.3, -0.25) is 4.79 Å². The number of thiophene rings is 1. The van der Waals surface area contributed by atoms with E-state index in [1.54, 1.807) is 12.1 Å². The number of nitrogens with one attached hydrogen (secondary N) is 1. The zero-order valence-electron chi connectivity index (χ0n) is 17.7. The first-order valence-electron chi connectivity index (χ1n) is 10.0. The van der Waals surface area contributed by atoms with Gasteiger partial charge in [0.25, 0.3) is 0 Å². The number of likely N-dealkylation sites (N-methyl/N-ethyl adjacent to an activating group) is 1. The topological polar surface area (TPSA) is 72.3 Å². The number of nitriles is 1. The molecule has 1 N–H and O–H groups in total. The molecule has 0 bridgehead atoms. The molecule has 0 radical (unpaired) electrons. The molecule has 0 fully saturated rings. The number of carbonyl (C=O) groups excluding carboxylic acids is 1. The minimum atomic E-state index is -0.505. The molecule has 0 saturated heterocycles. The fraction of sp³-hybridized carbons (Fsp3) is 0.261. The first-order valence-corrected chi connectivity index (χ1v) is 11.2. The highest BCUT2D eigenvalue weighted by atomic mass is 35.5. The second-order valence-corrected chi connectivity index (χ2v) is 9.26. The second-order valence-electron chi connectivity index (χ2n) is 7.77. The van der Waals surface area contributed by atoms with E-state index in [0.29, 0.717) is 43.0 Å². The largest absolute Gasteiger partial charge is 0.354 e. The van der Waals surface area contributed by atoms with Gasteiger partial charge in [-0.1, -0.05) is 17.7 Å². The van der Waals surface area contributed by atoms with Gasteiger partial charge in [0.15, 0.2) is 0 Å². The van der Waals surface area contributed by atoms with E-state index in [-0.39, 0.29) is 10.9 Å². The Hall–Kier alpha value is -2.99. The Bertz CT molecular complexity index is 1260. The minimum absolute atomic E-state index is 0.00244. The third-order valence-corrected chi connectivity index (χ3v) is 6.64. The van der Waals surface area contributed by atoms with E-state index in [9.17, 15) is 14.4 Å². The van der Waals surface area contributed by atoms with Crippen molar-refractivity contribution in [2.24, 2.45) is 0 Å². The summed E-state index contributed by atoms with van der Waals surface area (Å²) in [6.07, 6.45) is 5.68. The summed E-state index contributed by atoms with van der Waals surface area (Å²) >= 11 is 7.46. The molecule has 9 heteroatoms. The van der Waals surface area contributed by atoms with E-state index >= 15 is 0 Å². The van der Waals surface area contributed by atoms with Crippen molar-refractivity contribution in [3.8, 4) is 6.07 Å². The number of amides is 1. The highest BCUT2D eigenvalue weighted by Crippen LogP contribution is 2.40. The van der Waals surface area contributed by atoms with Gasteiger partial charge in [-0.2, -0.15) is 5.26 Å². The summed E-state index contributed by atoms with van der Waals surface area (Å²) in [7, 11) is 3.90. The predicted octanol–water partition coefficient (Wildman–Crippen LogP) is 4.71. The fourth-order valence-corrected chi connectivity index (χ4v) is 5.05. The average molecular weight is 470 g/mol. The standard InChI is InChI=1S/C23H21ClFN5OS/c1-29(2)8-3-4-20(31)30-9-7-16-19(13-30)32-23-21(16)22(14(11-26)12-27-23)28-15-5-6-18(25)17(24)10-15/h3-6,10,12H,7-9,13H2,1-2H3,(H,27,28)/b4-3+. The van der Waals surface area contributed by atoms with Crippen LogP contribution in [0.3, 0.4) is 0 Å². The maximum atomic E-state index is 13.6. The van der Waals surface area contributed by atoms with Crippen LogP contribution in [0.15, 0.2) is 36.5 Å². The number of nitrogens with zero attached hydrogens (tertiary/aromatic N) is 4. The molecule has 2 aromatic heterocycles. The van der Waals surface area contributed by atoms with E-state index in [2.05, 4.69) is 16.4 Å². The van der Waals surface area contributed by atoms with Gasteiger partial charge in [-0.05, 0) is 44.3 Å². The normalized spacial score (nSPS) is 13.6. The summed E-state index contributed by atoms with van der Waals surface area (Å²) in [5.41, 5.74) is 2.69. The Balaban J connectivity index is 1.68. The molecule has 32 heavy (non-hydrogen) atoms. The summed E-state index contributed by atoms with van der Waals surface area (Å²) < 4.78 is 13.6. The molecular formula is C23H21ClFN5OS. The maximum Gasteiger partial charge on any atom is 0.246 e. The number of hydrogen-bond acceptors (Lipinski definition) is 6. The number of pyridine rings is 1. The first kappa shape index (κ1) is 22.2. The van der Waals surface area contributed by atoms with Crippen LogP contribution in [0.1, 0.15) is 16.0 Å². The quantitative estimate of drug-likeness (QED) is 0.548. The summed E-state index contributed by atoms with van der Waals surface area (Å²) in [5.74, 6) is -0.519. The predicted molar refractivity (Wildman–Crippen MR) is 126 cm³/mol. The number of halogens is 2. The lowest BCUT2D eigenvalue weighted by molar-refractivity contribution is -0.126. The molecule has 3 heterocycles. The lowest BCUT2D eigenvalue weighted by Gasteiger charge is -2.26. The first-order chi connectivity index (χ1) is 15.4. The molecule has 164 valence electrons. The van der Waals surface area contributed by atoms with Crippen molar-refractivity contribution in [1.29, 1.82) is 5.26 Å². The molecule has 4 rings (SSSR count). The summed E-state index contributed by atoms with van der Waals surface area (Å²) in [5, 5.41) is 13.8. The van der Waals surface area contributed by atoms with Gasteiger partial charge in [0.1, 0.15) is 16.7 Å². The SMILES string of the molecule is CN(C)C/C=C/C(=O)N1CCc2c(sc3ncc(C#N)c(Nc4ccc(F)c(Cl)c4)c23)C1. The van der Waals surface area contributed by atoms with Crippen molar-refractivity contribution in [1.82, 2.24) is 14.8 Å². The van der Waals surface area contributed by atoms with Crippen molar-refractivity contribution in [3.63, 3.8) is 0 Å². The van der Waals surface area contributed by atoms with Crippen molar-refractivity contribution < 1.29 is 9.18 Å². The van der Waals surface area contributed by atoms with Crippen molar-refractivity contribution in [2.75, 3.05) is 32.5 Å². The Morgan fingerprint density at radius 3 is 3.00 bits per heavy atom. The number of benzene rings is 1. The molecular weight excluding hydrogens is 449 g/mol. The maximum absolute atomic E-state index is 13.6. The summed E-state index contributed by atoms with van der Waals surface area (Å²) in [4.78, 5) is 22.7. The van der Waals surface area contributed by atoms with Crippen LogP contribution >= 0.6 is 22.9 Å². The number of aromatic nitrogens is 1. The molecule has 0 atom stereocenters. The highest BCUT2D eigenvalue weighted by Gasteiger charge is 2.26. The molecule has 1 aliphatic rings. The van der Waals surface area contributed by atoms with Crippen LogP contribution in [0.25, 0.3) is 10.2 Å². The third-order valence-electron chi connectivity index (χ3n) is 5.22. The molecule has 3 aromatic rings. The minimum Gasteiger partial charge on any atom is -0.354 e. The molecule has 1 aromatic carbocycles. The highest BCUT2D eigenvalue weighted by molar-refractivity contribution is 7.19. The molecule has 0 aliphatic carbocycles. The summed E-state index contributed by atoms with van der Waals surface area (Å²) in [6.45, 7) is 1.80. The fourth-order valence-electron chi connectivity index (χ4n) is 3.65. The lowest BCUT2D eigenvalue weighted by atomic mass is 10.0. The van der Waals surface area contributed by atoms with E-state index < -0.39 is 5.82 Å². The zero-order valence-corrected chi connectivity index (χ0v) is 19.2. The van der Waals surface area contributed by atoms with Gasteiger partial charge in [0, 0.05) is 41.3 Å². The van der Waals surface area contributed by atoms with Crippen molar-refractivity contribution in [3.05, 3.63) is 63.4 Å². The van der Waals surface area contributed by atoms with Crippen molar-refractivity contribution >= 4 is 50.4 Å². The van der Waals surface area contributed by atoms with Gasteiger partial charge < -0.3 is 15.1 Å². The van der Waals surface area contributed by atoms with Crippen LogP contribution in [-0.2, 0) is 17.8 Å². The Morgan fingerprint density at radius 2 is 2.28 bits per heavy atom. The second kappa shape index (κ2) is 9.25. The average Bonchev–Trinajstić information content (AvgIpc) is 3.14. The Labute approximate surface area is 194 Å². The third kappa shape index (κ3) is 4.46. The van der Waals surface area contributed by atoms with Gasteiger partial charge in [0.2, 0.25) is 5.91 Å². The molecule has 1 aliphatic heterocycles. The summed E-state index contributed by atoms with van der Waals surface area (Å²) in [6, 6.07) is 6.53. The van der Waals surface area contributed by atoms with E-state index in [4.69, 9.17) is 11.6 Å². The van der Waals surface area contributed by atoms with Gasteiger partial charge in [0.05, 0.1) is 22.8 Å². The molecule has 0 spiro atoms. The van der Waals surface area contributed by atoms with Crippen LogP contribution in [-0.4, -0.2) is 47.9 Å². The Morgan fingerprint density at radius 1 is 1.47 bits per heavy atom. The molecule has 0 unspecified atom stereocenters. The number of anilines is 2. The lowest BCUT2D eigenvalue weighted by Crippen LogP contribution is -2.34. The van der Waals surface area contributed by atoms with Gasteiger partial charge in [-0.15, -0.1) is 11.3 Å². The van der Waals surface area contributed by atoms with Crippen LogP contribution in [0.5, 0.6) is 0 Å².